The number of pyridine rings is 1. The van der Waals surface area contributed by atoms with Crippen LogP contribution in [0.25, 0.3) is 0 Å². The summed E-state index contributed by atoms with van der Waals surface area (Å²) in [5, 5.41) is 21.6. The van der Waals surface area contributed by atoms with Gasteiger partial charge in [-0.25, -0.2) is 4.39 Å². The maximum absolute atomic E-state index is 13.9. The van der Waals surface area contributed by atoms with Crippen molar-refractivity contribution in [1.82, 2.24) is 14.4 Å². The van der Waals surface area contributed by atoms with Crippen molar-refractivity contribution in [2.24, 2.45) is 5.92 Å². The Labute approximate surface area is 211 Å². The third kappa shape index (κ3) is 3.55. The number of hydrogen-bond acceptors (Lipinski definition) is 5. The zero-order chi connectivity index (χ0) is 25.3. The number of rotatable bonds is 4. The summed E-state index contributed by atoms with van der Waals surface area (Å²) in [5.74, 6) is -2.03. The van der Waals surface area contributed by atoms with E-state index in [0.29, 0.717) is 24.0 Å². The van der Waals surface area contributed by atoms with Gasteiger partial charge in [-0.15, -0.1) is 0 Å². The first kappa shape index (κ1) is 23.5. The SMILES string of the molecule is O=C1c2c(c3n(c(=O)c2O)C(C2CC2)N([C@H]2CCCC[C@@H]2O)C3=O)CCN1Cc1ccc(F)c(Cl)c1. The van der Waals surface area contributed by atoms with Crippen molar-refractivity contribution in [1.29, 1.82) is 0 Å². The molecule has 6 rings (SSSR count). The summed E-state index contributed by atoms with van der Waals surface area (Å²) in [7, 11) is 0. The van der Waals surface area contributed by atoms with Gasteiger partial charge in [-0.1, -0.05) is 30.5 Å². The number of carbonyl (C=O) groups excluding carboxylic acids is 2. The highest BCUT2D eigenvalue weighted by atomic mass is 35.5. The highest BCUT2D eigenvalue weighted by molar-refractivity contribution is 6.30. The lowest BCUT2D eigenvalue weighted by molar-refractivity contribution is -0.00591. The molecule has 0 radical (unpaired) electrons. The number of aliphatic hydroxyl groups is 1. The predicted octanol–water partition coefficient (Wildman–Crippen LogP) is 3.21. The molecule has 0 saturated heterocycles. The molecule has 1 aromatic carbocycles. The summed E-state index contributed by atoms with van der Waals surface area (Å²) < 4.78 is 14.9. The van der Waals surface area contributed by atoms with Gasteiger partial charge in [0.1, 0.15) is 17.7 Å². The topological polar surface area (TPSA) is 103 Å². The molecule has 3 atom stereocenters. The lowest BCUT2D eigenvalue weighted by Gasteiger charge is -2.38. The molecule has 2 amide bonds. The minimum atomic E-state index is -0.748. The van der Waals surface area contributed by atoms with E-state index in [4.69, 9.17) is 11.6 Å². The van der Waals surface area contributed by atoms with Crippen LogP contribution >= 0.6 is 11.6 Å². The highest BCUT2D eigenvalue weighted by Crippen LogP contribution is 2.48. The van der Waals surface area contributed by atoms with Crippen LogP contribution < -0.4 is 5.56 Å². The molecular weight excluding hydrogens is 489 g/mol. The Kier molecular flexibility index (Phi) is 5.60. The molecule has 36 heavy (non-hydrogen) atoms. The van der Waals surface area contributed by atoms with Crippen molar-refractivity contribution >= 4 is 23.4 Å². The van der Waals surface area contributed by atoms with Crippen LogP contribution in [-0.4, -0.2) is 55.1 Å². The summed E-state index contributed by atoms with van der Waals surface area (Å²) in [6.07, 6.45) is 3.80. The molecule has 10 heteroatoms. The lowest BCUT2D eigenvalue weighted by Crippen LogP contribution is -2.48. The zero-order valence-corrected chi connectivity index (χ0v) is 20.4. The van der Waals surface area contributed by atoms with Crippen molar-refractivity contribution in [2.75, 3.05) is 6.54 Å². The van der Waals surface area contributed by atoms with E-state index >= 15 is 0 Å². The van der Waals surface area contributed by atoms with Gasteiger partial charge in [0, 0.05) is 18.7 Å². The number of benzene rings is 1. The molecule has 1 unspecified atom stereocenters. The Bertz CT molecular complexity index is 1340. The normalized spacial score (nSPS) is 25.8. The molecule has 8 nitrogen and oxygen atoms in total. The maximum Gasteiger partial charge on any atom is 0.295 e. The minimum absolute atomic E-state index is 0.0574. The van der Waals surface area contributed by atoms with Crippen LogP contribution in [0.4, 0.5) is 4.39 Å². The summed E-state index contributed by atoms with van der Waals surface area (Å²) in [6.45, 7) is 0.383. The third-order valence-corrected chi connectivity index (χ3v) is 8.35. The number of aromatic nitrogens is 1. The Hall–Kier alpha value is -2.91. The zero-order valence-electron chi connectivity index (χ0n) is 19.6. The fourth-order valence-electron chi connectivity index (χ4n) is 6.17. The first-order valence-electron chi connectivity index (χ1n) is 12.5. The minimum Gasteiger partial charge on any atom is -0.502 e. The van der Waals surface area contributed by atoms with E-state index in [1.807, 2.05) is 0 Å². The number of halogens is 2. The molecule has 2 aliphatic carbocycles. The molecule has 2 saturated carbocycles. The number of aliphatic hydroxyl groups excluding tert-OH is 1. The van der Waals surface area contributed by atoms with Gasteiger partial charge in [0.2, 0.25) is 0 Å². The highest BCUT2D eigenvalue weighted by Gasteiger charge is 2.52. The van der Waals surface area contributed by atoms with Gasteiger partial charge >= 0.3 is 0 Å². The fraction of sp³-hybridized carbons (Fsp3) is 0.500. The summed E-state index contributed by atoms with van der Waals surface area (Å²) in [5.41, 5.74) is 0.272. The molecular formula is C26H27ClFN3O5. The predicted molar refractivity (Wildman–Crippen MR) is 128 cm³/mol. The maximum atomic E-state index is 13.9. The Balaban J connectivity index is 1.41. The second kappa shape index (κ2) is 8.59. The molecule has 2 aliphatic heterocycles. The number of amides is 2. The van der Waals surface area contributed by atoms with Crippen molar-refractivity contribution in [3.05, 3.63) is 61.8 Å². The van der Waals surface area contributed by atoms with Crippen LogP contribution in [0.5, 0.6) is 5.75 Å². The number of aromatic hydroxyl groups is 1. The van der Waals surface area contributed by atoms with Crippen LogP contribution in [0.2, 0.25) is 5.02 Å². The smallest absolute Gasteiger partial charge is 0.295 e. The molecule has 4 aliphatic rings. The molecule has 2 fully saturated rings. The second-order valence-electron chi connectivity index (χ2n) is 10.3. The summed E-state index contributed by atoms with van der Waals surface area (Å²) >= 11 is 5.88. The standard InChI is InChI=1S/C26H27ClFN3O5/c27-16-11-13(5-8-17(16)28)12-29-10-9-15-20(24(29)34)22(33)26(36)31-21(15)25(35)30(23(31)14-6-7-14)18-3-1-2-4-19(18)32/h5,8,11,14,18-19,23,32-33H,1-4,6-7,9-10,12H2/t18-,19-,23?/m0/s1. The molecule has 190 valence electrons. The van der Waals surface area contributed by atoms with Gasteiger partial charge in [-0.2, -0.15) is 0 Å². The van der Waals surface area contributed by atoms with E-state index in [9.17, 15) is 29.0 Å². The number of hydrogen-bond donors (Lipinski definition) is 2. The molecule has 2 aromatic rings. The summed E-state index contributed by atoms with van der Waals surface area (Å²) in [4.78, 5) is 43.9. The van der Waals surface area contributed by atoms with Crippen molar-refractivity contribution in [2.45, 2.75) is 69.8 Å². The monoisotopic (exact) mass is 515 g/mol. The third-order valence-electron chi connectivity index (χ3n) is 8.06. The quantitative estimate of drug-likeness (QED) is 0.651. The van der Waals surface area contributed by atoms with E-state index in [1.165, 1.54) is 27.7 Å². The van der Waals surface area contributed by atoms with Crippen LogP contribution in [0.1, 0.15) is 76.7 Å². The van der Waals surface area contributed by atoms with Crippen LogP contribution in [-0.2, 0) is 13.0 Å². The van der Waals surface area contributed by atoms with E-state index in [2.05, 4.69) is 0 Å². The van der Waals surface area contributed by atoms with E-state index in [1.54, 1.807) is 4.90 Å². The van der Waals surface area contributed by atoms with Crippen molar-refractivity contribution in [3.63, 3.8) is 0 Å². The van der Waals surface area contributed by atoms with Crippen molar-refractivity contribution < 1.29 is 24.2 Å². The van der Waals surface area contributed by atoms with Crippen LogP contribution in [0.15, 0.2) is 23.0 Å². The molecule has 1 aromatic heterocycles. The first-order valence-corrected chi connectivity index (χ1v) is 12.9. The van der Waals surface area contributed by atoms with Crippen molar-refractivity contribution in [3.8, 4) is 5.75 Å². The van der Waals surface area contributed by atoms with Gasteiger partial charge in [0.15, 0.2) is 5.75 Å². The second-order valence-corrected chi connectivity index (χ2v) is 10.7. The Morgan fingerprint density at radius 1 is 1.06 bits per heavy atom. The van der Waals surface area contributed by atoms with E-state index in [0.717, 1.165) is 25.7 Å². The molecule has 3 heterocycles. The average molecular weight is 516 g/mol. The van der Waals surface area contributed by atoms with Crippen LogP contribution in [0.3, 0.4) is 0 Å². The first-order chi connectivity index (χ1) is 17.3. The Morgan fingerprint density at radius 2 is 1.81 bits per heavy atom. The van der Waals surface area contributed by atoms with E-state index in [-0.39, 0.29) is 47.6 Å². The van der Waals surface area contributed by atoms with Gasteiger partial charge in [-0.3, -0.25) is 19.0 Å². The van der Waals surface area contributed by atoms with Gasteiger partial charge in [0.25, 0.3) is 17.4 Å². The number of nitrogens with zero attached hydrogens (tertiary/aromatic N) is 3. The number of fused-ring (bicyclic) bond motifs is 3. The van der Waals surface area contributed by atoms with Crippen LogP contribution in [0, 0.1) is 11.7 Å². The molecule has 0 bridgehead atoms. The largest absolute Gasteiger partial charge is 0.502 e. The van der Waals surface area contributed by atoms with Gasteiger partial charge in [0.05, 0.1) is 22.7 Å². The Morgan fingerprint density at radius 3 is 2.50 bits per heavy atom. The fourth-order valence-corrected chi connectivity index (χ4v) is 6.37. The van der Waals surface area contributed by atoms with E-state index < -0.39 is 41.3 Å². The molecule has 0 spiro atoms. The molecule has 2 N–H and O–H groups in total. The van der Waals surface area contributed by atoms with Gasteiger partial charge in [-0.05, 0) is 55.7 Å². The summed E-state index contributed by atoms with van der Waals surface area (Å²) in [6, 6.07) is 3.79. The van der Waals surface area contributed by atoms with Gasteiger partial charge < -0.3 is 20.0 Å². The lowest BCUT2D eigenvalue weighted by atomic mass is 9.90. The number of carbonyl (C=O) groups is 2. The average Bonchev–Trinajstić information content (AvgIpc) is 3.65.